The van der Waals surface area contributed by atoms with Gasteiger partial charge in [0.05, 0.1) is 30.8 Å². The summed E-state index contributed by atoms with van der Waals surface area (Å²) in [4.78, 5) is 22.7. The number of carbonyl (C=O) groups excluding carboxylic acids is 1. The van der Waals surface area contributed by atoms with E-state index in [0.29, 0.717) is 62.5 Å². The third-order valence-corrected chi connectivity index (χ3v) is 8.75. The Kier molecular flexibility index (Phi) is 4.48. The van der Waals surface area contributed by atoms with Gasteiger partial charge in [-0.2, -0.15) is 0 Å². The summed E-state index contributed by atoms with van der Waals surface area (Å²) in [6, 6.07) is 0. The first-order chi connectivity index (χ1) is 15.4. The Labute approximate surface area is 194 Å². The highest BCUT2D eigenvalue weighted by Gasteiger charge is 2.79. The van der Waals surface area contributed by atoms with Crippen molar-refractivity contribution >= 4 is 33.2 Å². The average Bonchev–Trinajstić information content (AvgIpc) is 3.51. The molecule has 3 unspecified atom stereocenters. The second-order valence-electron chi connectivity index (χ2n) is 9.39. The number of hydrogen-bond donors (Lipinski definition) is 1. The number of carbonyl (C=O) groups is 1. The number of ether oxygens (including phenoxy) is 4. The molecular formula is C22H27BrN4O5. The van der Waals surface area contributed by atoms with Gasteiger partial charge in [0.2, 0.25) is 0 Å². The fourth-order valence-electron chi connectivity index (χ4n) is 6.94. The Morgan fingerprint density at radius 3 is 2.75 bits per heavy atom. The number of hydrogen-bond acceptors (Lipinski definition) is 8. The van der Waals surface area contributed by atoms with Gasteiger partial charge in [-0.05, 0) is 55.0 Å². The summed E-state index contributed by atoms with van der Waals surface area (Å²) in [5.41, 5.74) is 4.89. The van der Waals surface area contributed by atoms with Crippen LogP contribution in [0.4, 0.5) is 5.82 Å². The van der Waals surface area contributed by atoms with Crippen molar-refractivity contribution in [2.75, 3.05) is 32.2 Å². The van der Waals surface area contributed by atoms with Crippen molar-refractivity contribution in [1.82, 2.24) is 14.4 Å². The first kappa shape index (κ1) is 20.8. The number of rotatable bonds is 3. The maximum atomic E-state index is 13.5. The number of nitrogens with zero attached hydrogens (tertiary/aromatic N) is 3. The lowest BCUT2D eigenvalue weighted by Crippen LogP contribution is -2.74. The Morgan fingerprint density at radius 1 is 1.22 bits per heavy atom. The lowest BCUT2D eigenvalue weighted by Gasteiger charge is -2.65. The first-order valence-electron chi connectivity index (χ1n) is 11.3. The number of halogens is 1. The Hall–Kier alpha value is -1.75. The summed E-state index contributed by atoms with van der Waals surface area (Å²) in [5.74, 6) is 0.0309. The molecule has 2 spiro atoms. The van der Waals surface area contributed by atoms with Crippen molar-refractivity contribution in [3.05, 3.63) is 22.8 Å². The van der Waals surface area contributed by atoms with E-state index in [2.05, 4.69) is 20.9 Å². The quantitative estimate of drug-likeness (QED) is 0.632. The molecule has 3 aliphatic carbocycles. The molecule has 2 aromatic rings. The molecule has 7 rings (SSSR count). The van der Waals surface area contributed by atoms with Gasteiger partial charge >= 0.3 is 5.97 Å². The molecule has 3 saturated carbocycles. The molecule has 2 bridgehead atoms. The van der Waals surface area contributed by atoms with Gasteiger partial charge in [0.15, 0.2) is 11.6 Å². The van der Waals surface area contributed by atoms with Crippen molar-refractivity contribution in [2.24, 2.45) is 5.41 Å². The van der Waals surface area contributed by atoms with Crippen LogP contribution < -0.4 is 5.73 Å². The SMILES string of the molecule is CCOC(=O)C12CCC(c3nc(Br)c4c(N)nccn34)(CC13CCCO3)C1(C2)OCCO1. The van der Waals surface area contributed by atoms with E-state index < -0.39 is 22.2 Å². The molecule has 2 N–H and O–H groups in total. The average molecular weight is 507 g/mol. The lowest BCUT2D eigenvalue weighted by molar-refractivity contribution is -0.319. The third kappa shape index (κ3) is 2.36. The standard InChI is InChI=1S/C22H27BrN4O5/c1-2-29-18(28)20-6-5-19(12-21(20)4-3-9-30-21,22(13-20)31-10-11-32-22)17-26-15(23)14-16(24)25-7-8-27(14)17/h7-8H,2-6,9-13H2,1H3,(H2,24,25). The van der Waals surface area contributed by atoms with E-state index in [0.717, 1.165) is 24.2 Å². The molecule has 2 saturated heterocycles. The second kappa shape index (κ2) is 6.88. The molecule has 10 heteroatoms. The molecule has 0 radical (unpaired) electrons. The number of imidazole rings is 1. The fourth-order valence-corrected chi connectivity index (χ4v) is 7.50. The minimum atomic E-state index is -0.978. The van der Waals surface area contributed by atoms with Crippen molar-refractivity contribution < 1.29 is 23.7 Å². The highest BCUT2D eigenvalue weighted by Crippen LogP contribution is 2.71. The van der Waals surface area contributed by atoms with Gasteiger partial charge in [-0.1, -0.05) is 0 Å². The fraction of sp³-hybridized carbons (Fsp3) is 0.682. The monoisotopic (exact) mass is 506 g/mol. The van der Waals surface area contributed by atoms with Gasteiger partial charge in [-0.25, -0.2) is 9.97 Å². The molecule has 2 aromatic heterocycles. The molecule has 172 valence electrons. The van der Waals surface area contributed by atoms with E-state index in [9.17, 15) is 4.79 Å². The van der Waals surface area contributed by atoms with Crippen LogP contribution in [0.5, 0.6) is 0 Å². The molecule has 5 fully saturated rings. The highest BCUT2D eigenvalue weighted by molar-refractivity contribution is 9.10. The van der Waals surface area contributed by atoms with Gasteiger partial charge in [0.25, 0.3) is 0 Å². The van der Waals surface area contributed by atoms with Crippen LogP contribution in [-0.4, -0.2) is 58.2 Å². The number of nitrogen functional groups attached to an aromatic ring is 1. The summed E-state index contributed by atoms with van der Waals surface area (Å²) in [6.45, 7) is 3.76. The zero-order valence-corrected chi connectivity index (χ0v) is 19.6. The number of anilines is 1. The summed E-state index contributed by atoms with van der Waals surface area (Å²) in [5, 5.41) is 0. The molecule has 0 amide bonds. The van der Waals surface area contributed by atoms with Gasteiger partial charge < -0.3 is 24.7 Å². The maximum Gasteiger partial charge on any atom is 0.315 e. The molecule has 2 aliphatic heterocycles. The van der Waals surface area contributed by atoms with Gasteiger partial charge in [0, 0.05) is 25.4 Å². The summed E-state index contributed by atoms with van der Waals surface area (Å²) in [6.07, 6.45) is 7.54. The van der Waals surface area contributed by atoms with Crippen LogP contribution in [0.1, 0.15) is 51.3 Å². The number of fused-ring (bicyclic) bond motifs is 2. The van der Waals surface area contributed by atoms with Crippen LogP contribution in [0, 0.1) is 5.41 Å². The Bertz CT molecular complexity index is 1090. The number of aromatic nitrogens is 3. The summed E-state index contributed by atoms with van der Waals surface area (Å²) in [7, 11) is 0. The van der Waals surface area contributed by atoms with Crippen LogP contribution in [0.25, 0.3) is 5.52 Å². The second-order valence-corrected chi connectivity index (χ2v) is 10.1. The van der Waals surface area contributed by atoms with E-state index in [-0.39, 0.29) is 5.97 Å². The Morgan fingerprint density at radius 2 is 2.03 bits per heavy atom. The van der Waals surface area contributed by atoms with Crippen molar-refractivity contribution in [3.63, 3.8) is 0 Å². The highest BCUT2D eigenvalue weighted by atomic mass is 79.9. The van der Waals surface area contributed by atoms with Crippen LogP contribution in [0.15, 0.2) is 17.0 Å². The summed E-state index contributed by atoms with van der Waals surface area (Å²) >= 11 is 3.59. The molecule has 3 atom stereocenters. The van der Waals surface area contributed by atoms with E-state index in [1.54, 1.807) is 6.20 Å². The van der Waals surface area contributed by atoms with Gasteiger partial charge in [-0.15, -0.1) is 0 Å². The van der Waals surface area contributed by atoms with Crippen molar-refractivity contribution in [1.29, 1.82) is 0 Å². The summed E-state index contributed by atoms with van der Waals surface area (Å²) < 4.78 is 27.6. The maximum absolute atomic E-state index is 13.5. The number of esters is 1. The smallest absolute Gasteiger partial charge is 0.315 e. The lowest BCUT2D eigenvalue weighted by atomic mass is 9.43. The van der Waals surface area contributed by atoms with Gasteiger partial charge in [0.1, 0.15) is 21.4 Å². The van der Waals surface area contributed by atoms with Crippen molar-refractivity contribution in [3.8, 4) is 0 Å². The van der Waals surface area contributed by atoms with Crippen LogP contribution in [0.2, 0.25) is 0 Å². The van der Waals surface area contributed by atoms with Crippen LogP contribution >= 0.6 is 15.9 Å². The first-order valence-corrected chi connectivity index (χ1v) is 12.1. The molecule has 4 heterocycles. The van der Waals surface area contributed by atoms with Gasteiger partial charge in [-0.3, -0.25) is 9.20 Å². The van der Waals surface area contributed by atoms with E-state index >= 15 is 0 Å². The van der Waals surface area contributed by atoms with Crippen LogP contribution in [0.3, 0.4) is 0 Å². The van der Waals surface area contributed by atoms with E-state index in [1.807, 2.05) is 17.5 Å². The normalized spacial score (nSPS) is 35.3. The topological polar surface area (TPSA) is 110 Å². The van der Waals surface area contributed by atoms with Crippen molar-refractivity contribution in [2.45, 2.75) is 62.3 Å². The largest absolute Gasteiger partial charge is 0.465 e. The minimum Gasteiger partial charge on any atom is -0.465 e. The predicted octanol–water partition coefficient (Wildman–Crippen LogP) is 2.74. The molecular weight excluding hydrogens is 480 g/mol. The molecule has 0 aromatic carbocycles. The Balaban J connectivity index is 1.59. The minimum absolute atomic E-state index is 0.198. The number of nitrogens with two attached hydrogens (primary N) is 1. The molecule has 5 aliphatic rings. The zero-order valence-electron chi connectivity index (χ0n) is 18.1. The predicted molar refractivity (Wildman–Crippen MR) is 117 cm³/mol. The molecule has 32 heavy (non-hydrogen) atoms. The third-order valence-electron chi connectivity index (χ3n) is 8.19. The zero-order chi connectivity index (χ0) is 22.2. The molecule has 9 nitrogen and oxygen atoms in total. The van der Waals surface area contributed by atoms with E-state index in [1.165, 1.54) is 0 Å². The van der Waals surface area contributed by atoms with Crippen LogP contribution in [-0.2, 0) is 29.2 Å². The van der Waals surface area contributed by atoms with E-state index in [4.69, 9.17) is 29.7 Å².